The minimum Gasteiger partial charge on any atom is -0.462 e. The van der Waals surface area contributed by atoms with Gasteiger partial charge in [-0.3, -0.25) is 39.6 Å². The zero-order valence-electron chi connectivity index (χ0n) is 51.3. The molecule has 0 saturated carbocycles. The Kier molecular flexibility index (Phi) is 26.7. The van der Waals surface area contributed by atoms with Gasteiger partial charge in [-0.25, -0.2) is 0 Å². The van der Waals surface area contributed by atoms with E-state index in [1.54, 1.807) is 44.2 Å². The second-order valence-electron chi connectivity index (χ2n) is 23.7. The number of nitrogens with two attached hydrogens (primary N) is 1. The Labute approximate surface area is 538 Å². The van der Waals surface area contributed by atoms with Gasteiger partial charge in [0.05, 0.1) is 44.6 Å². The highest BCUT2D eigenvalue weighted by Gasteiger charge is 2.55. The molecule has 1 radical (unpaired) electrons. The Hall–Kier alpha value is -6.92. The second kappa shape index (κ2) is 33.6. The first-order valence-electron chi connectivity index (χ1n) is 30.4. The van der Waals surface area contributed by atoms with Crippen molar-refractivity contribution >= 4 is 47.8 Å². The van der Waals surface area contributed by atoms with Gasteiger partial charge in [0.25, 0.3) is 0 Å². The topological polar surface area (TPSA) is 582 Å². The van der Waals surface area contributed by atoms with Gasteiger partial charge in [0.2, 0.25) is 36.2 Å². The number of guanidine groups is 2. The first kappa shape index (κ1) is 74.5. The largest absolute Gasteiger partial charge is 0.462 e. The summed E-state index contributed by atoms with van der Waals surface area (Å²) >= 11 is 0. The van der Waals surface area contributed by atoms with Crippen LogP contribution in [0.3, 0.4) is 0 Å². The first-order valence-corrected chi connectivity index (χ1v) is 30.4. The molecule has 5 aliphatic heterocycles. The van der Waals surface area contributed by atoms with Crippen LogP contribution < -0.4 is 47.7 Å². The van der Waals surface area contributed by atoms with Crippen molar-refractivity contribution in [2.24, 2.45) is 11.7 Å². The van der Waals surface area contributed by atoms with Crippen LogP contribution in [-0.4, -0.2) is 305 Å². The van der Waals surface area contributed by atoms with Crippen LogP contribution in [-0.2, 0) is 58.9 Å². The molecule has 5 saturated heterocycles. The lowest BCUT2D eigenvalue weighted by molar-refractivity contribution is -0.353. The molecule has 5 aliphatic rings. The molecule has 2 aromatic rings. The molecule has 94 heavy (non-hydrogen) atoms. The Morgan fingerprint density at radius 3 is 1.89 bits per heavy atom. The van der Waals surface area contributed by atoms with Gasteiger partial charge in [-0.05, 0) is 29.2 Å². The molecule has 523 valence electrons. The quantitative estimate of drug-likeness (QED) is 0.0323. The fourth-order valence-corrected chi connectivity index (χ4v) is 11.3. The normalized spacial score (nSPS) is 32.3. The van der Waals surface area contributed by atoms with Crippen LogP contribution in [0.2, 0.25) is 0 Å². The molecule has 36 heteroatoms. The van der Waals surface area contributed by atoms with Crippen molar-refractivity contribution in [3.8, 4) is 5.75 Å². The van der Waals surface area contributed by atoms with E-state index in [-0.39, 0.29) is 36.2 Å². The van der Waals surface area contributed by atoms with E-state index in [2.05, 4.69) is 37.2 Å². The van der Waals surface area contributed by atoms with Crippen LogP contribution in [0, 0.1) is 16.7 Å². The monoisotopic (exact) mass is 1340 g/mol. The molecule has 21 unspecified atom stereocenters. The van der Waals surface area contributed by atoms with Gasteiger partial charge in [-0.1, -0.05) is 69.7 Å². The second-order valence-corrected chi connectivity index (χ2v) is 23.7. The average molecular weight is 1340 g/mol. The van der Waals surface area contributed by atoms with E-state index >= 15 is 0 Å². The third-order valence-electron chi connectivity index (χ3n) is 17.2. The Morgan fingerprint density at radius 2 is 1.29 bits per heavy atom. The molecular formula is C58H86N11O25. The summed E-state index contributed by atoms with van der Waals surface area (Å²) < 4.78 is 34.1. The van der Waals surface area contributed by atoms with E-state index < -0.39 is 227 Å². The third-order valence-corrected chi connectivity index (χ3v) is 17.2. The minimum atomic E-state index is -2.30. The van der Waals surface area contributed by atoms with E-state index in [1.165, 1.54) is 30.6 Å². The highest BCUT2D eigenvalue weighted by molar-refractivity contribution is 5.96. The number of aliphatic hydroxyl groups is 13. The van der Waals surface area contributed by atoms with Crippen LogP contribution in [0.5, 0.6) is 5.75 Å². The molecule has 0 bridgehead atoms. The maximum Gasteiger partial charge on any atom is 0.306 e. The SMILES string of the molecule is CCC(C)CC(=O)OC1C(CO)OC(OC2C(CO)OC(Oc3ccc(C[C@H](NC(=O)[C@@H](N)C(C)c4ccccc4)C(=O)N[C@H](C(=O)N[C@H](C(=O)N[C@H]([C]=O)CO)C(O)C4CNC(=N)N4C4OC(CO)C(O)C(O)C4O)C(O)C4CNC(=N)N4)cc3)C(O)C2O)C(O)C1O. The zero-order chi connectivity index (χ0) is 69.0. The Bertz CT molecular complexity index is 2870. The molecule has 5 fully saturated rings. The number of esters is 1. The van der Waals surface area contributed by atoms with Gasteiger partial charge < -0.3 is 143 Å². The fourth-order valence-electron chi connectivity index (χ4n) is 11.3. The molecule has 2 aromatic carbocycles. The molecule has 0 aromatic heterocycles. The molecule has 26 atom stereocenters. The molecule has 7 rings (SSSR count). The molecule has 0 aliphatic carbocycles. The Morgan fingerprint density at radius 1 is 0.691 bits per heavy atom. The maximum absolute atomic E-state index is 14.9. The van der Waals surface area contributed by atoms with Crippen molar-refractivity contribution in [1.82, 2.24) is 42.1 Å². The molecular weight excluding hydrogens is 1250 g/mol. The number of aliphatic hydroxyl groups excluding tert-OH is 13. The minimum absolute atomic E-state index is 0.0295. The molecule has 5 heterocycles. The number of amides is 4. The average Bonchev–Trinajstić information content (AvgIpc) is 1.45. The van der Waals surface area contributed by atoms with Crippen molar-refractivity contribution in [1.29, 1.82) is 10.8 Å². The zero-order valence-corrected chi connectivity index (χ0v) is 51.3. The summed E-state index contributed by atoms with van der Waals surface area (Å²) in [6.07, 6.45) is -29.5. The fraction of sp³-hybridized carbons (Fsp3) is 0.655. The highest BCUT2D eigenvalue weighted by atomic mass is 16.7. The van der Waals surface area contributed by atoms with Crippen LogP contribution in [0.1, 0.15) is 50.7 Å². The standard InChI is InChI=1S/C58H86N11O25/c1-4-23(2)14-35(75)93-48-33(21-73)92-56(47(84)43(48)80)94-49-34(22-74)91-55(46(83)44(49)81)89-28-12-10-25(11-13-28)15-29(65-51(86)36(59)24(3)26-8-6-5-7-9-26)50(85)67-37(39(76)30-16-62-57(60)66-30)53(88)68-38(52(87)64-27(18-70)19-71)40(77)31-17-63-58(61)69(31)54-45(82)42(79)41(78)32(20-72)90-54/h5-13,23-24,27,29-34,36-49,54-56,70,72-74,76-84H,4,14-18,20-22,59H2,1-3H3,(H2,61,63)(H,64,87)(H,65,86)(H,67,85)(H,68,88)(H3,60,62,66)/t23?,24?,27-,29-,30?,31?,32?,33?,34?,36-,37-,38-,39?,40?,41?,42?,43?,44?,45?,46?,47?,48?,49?,54?,55?,56?/m0/s1. The number of carbonyl (C=O) groups is 5. The summed E-state index contributed by atoms with van der Waals surface area (Å²) in [5.41, 5.74) is 7.38. The summed E-state index contributed by atoms with van der Waals surface area (Å²) in [7, 11) is 0. The number of nitrogens with one attached hydrogen (secondary N) is 9. The van der Waals surface area contributed by atoms with E-state index in [9.17, 15) is 95.2 Å². The predicted molar refractivity (Wildman–Crippen MR) is 318 cm³/mol. The van der Waals surface area contributed by atoms with Crippen LogP contribution in [0.15, 0.2) is 54.6 Å². The lowest BCUT2D eigenvalue weighted by atomic mass is 9.93. The van der Waals surface area contributed by atoms with Gasteiger partial charge >= 0.3 is 5.97 Å². The lowest BCUT2D eigenvalue weighted by Crippen LogP contribution is -2.69. The van der Waals surface area contributed by atoms with Crippen molar-refractivity contribution in [2.45, 2.75) is 193 Å². The van der Waals surface area contributed by atoms with Crippen LogP contribution >= 0.6 is 0 Å². The summed E-state index contributed by atoms with van der Waals surface area (Å²) in [6.45, 7) is 0.942. The lowest BCUT2D eigenvalue weighted by Gasteiger charge is -2.46. The first-order chi connectivity index (χ1) is 44.7. The van der Waals surface area contributed by atoms with Crippen molar-refractivity contribution < 1.29 is 124 Å². The predicted octanol–water partition coefficient (Wildman–Crippen LogP) is -10.4. The van der Waals surface area contributed by atoms with Crippen LogP contribution in [0.25, 0.3) is 0 Å². The number of carbonyl (C=O) groups excluding carboxylic acids is 6. The third kappa shape index (κ3) is 17.6. The van der Waals surface area contributed by atoms with Crippen molar-refractivity contribution in [3.63, 3.8) is 0 Å². The number of hydrogen-bond donors (Lipinski definition) is 23. The maximum atomic E-state index is 14.9. The molecule has 4 amide bonds. The van der Waals surface area contributed by atoms with E-state index in [4.69, 9.17) is 45.0 Å². The number of hydrogen-bond acceptors (Lipinski definition) is 28. The number of rotatable bonds is 30. The number of nitrogens with zero attached hydrogens (tertiary/aromatic N) is 1. The Balaban J connectivity index is 1.12. The van der Waals surface area contributed by atoms with Gasteiger partial charge in [0.15, 0.2) is 30.5 Å². The number of benzene rings is 2. The van der Waals surface area contributed by atoms with Crippen LogP contribution in [0.4, 0.5) is 0 Å². The summed E-state index contributed by atoms with van der Waals surface area (Å²) in [4.78, 5) is 83.4. The van der Waals surface area contributed by atoms with E-state index in [1.807, 2.05) is 6.92 Å². The molecule has 24 N–H and O–H groups in total. The van der Waals surface area contributed by atoms with Crippen molar-refractivity contribution in [2.75, 3.05) is 39.5 Å². The summed E-state index contributed by atoms with van der Waals surface area (Å²) in [6, 6.07) is 1.79. The van der Waals surface area contributed by atoms with Gasteiger partial charge in [-0.15, -0.1) is 0 Å². The molecule has 36 nitrogen and oxygen atoms in total. The molecule has 0 spiro atoms. The van der Waals surface area contributed by atoms with Crippen molar-refractivity contribution in [3.05, 3.63) is 65.7 Å². The van der Waals surface area contributed by atoms with E-state index in [0.29, 0.717) is 12.0 Å². The summed E-state index contributed by atoms with van der Waals surface area (Å²) in [5, 5.41) is 175. The smallest absolute Gasteiger partial charge is 0.306 e. The van der Waals surface area contributed by atoms with E-state index in [0.717, 1.165) is 4.90 Å². The summed E-state index contributed by atoms with van der Waals surface area (Å²) in [5.74, 6) is -7.39. The van der Waals surface area contributed by atoms with Gasteiger partial charge in [0.1, 0.15) is 109 Å². The number of ether oxygens (including phenoxy) is 6. The highest BCUT2D eigenvalue weighted by Crippen LogP contribution is 2.33. The van der Waals surface area contributed by atoms with Gasteiger partial charge in [0, 0.05) is 31.8 Å². The van der Waals surface area contributed by atoms with Gasteiger partial charge in [-0.2, -0.15) is 0 Å².